The molecule has 0 fully saturated rings. The van der Waals surface area contributed by atoms with Gasteiger partial charge in [-0.15, -0.1) is 0 Å². The van der Waals surface area contributed by atoms with Crippen LogP contribution < -0.4 is 17.0 Å². The quantitative estimate of drug-likeness (QED) is 0.232. The zero-order valence-electron chi connectivity index (χ0n) is 6.89. The molecule has 0 saturated heterocycles. The maximum absolute atomic E-state index is 6.50. The number of hydrogen-bond acceptors (Lipinski definition) is 2. The van der Waals surface area contributed by atoms with Crippen molar-refractivity contribution in [3.63, 3.8) is 0 Å². The van der Waals surface area contributed by atoms with Gasteiger partial charge in [-0.05, 0) is 13.8 Å². The molecule has 0 aromatic rings. The molecule has 0 heterocycles. The van der Waals surface area contributed by atoms with Crippen LogP contribution in [0.25, 0.3) is 0 Å². The summed E-state index contributed by atoms with van der Waals surface area (Å²) >= 11 is 0. The van der Waals surface area contributed by atoms with Crippen molar-refractivity contribution in [2.24, 2.45) is 0 Å². The summed E-state index contributed by atoms with van der Waals surface area (Å²) in [5.41, 5.74) is 0. The average Bonchev–Trinajstić information content (AvgIpc) is 1.85. The van der Waals surface area contributed by atoms with Crippen LogP contribution in [0, 0.1) is 12.3 Å². The third-order valence-corrected chi connectivity index (χ3v) is 0.792. The normalized spacial score (nSPS) is 10.3. The second-order valence-electron chi connectivity index (χ2n) is 1.51. The van der Waals surface area contributed by atoms with Gasteiger partial charge in [0.05, 0.1) is 6.61 Å². The molecule has 0 aromatic heterocycles. The van der Waals surface area contributed by atoms with Gasteiger partial charge in [-0.3, -0.25) is 0 Å². The van der Waals surface area contributed by atoms with Gasteiger partial charge in [0, 0.05) is 6.61 Å². The third kappa shape index (κ3) is 13.7. The molecular formula is C7H11BrMgO2. The molecular weight excluding hydrogens is 220 g/mol. The second-order valence-corrected chi connectivity index (χ2v) is 1.51. The first-order valence-electron chi connectivity index (χ1n) is 2.94. The molecule has 0 saturated carbocycles. The Morgan fingerprint density at radius 3 is 2.36 bits per heavy atom. The molecule has 0 aliphatic carbocycles. The van der Waals surface area contributed by atoms with Crippen molar-refractivity contribution in [2.45, 2.75) is 20.1 Å². The maximum atomic E-state index is 6.50. The van der Waals surface area contributed by atoms with Gasteiger partial charge in [0.15, 0.2) is 6.29 Å². The van der Waals surface area contributed by atoms with Crippen molar-refractivity contribution in [3.05, 3.63) is 6.42 Å². The maximum Gasteiger partial charge on any atom is 2.00 e. The second kappa shape index (κ2) is 13.3. The number of rotatable bonds is 4. The molecule has 0 radical (unpaired) electrons. The van der Waals surface area contributed by atoms with Crippen LogP contribution in [-0.4, -0.2) is 42.6 Å². The van der Waals surface area contributed by atoms with Crippen molar-refractivity contribution >= 4 is 23.1 Å². The molecule has 0 amide bonds. The van der Waals surface area contributed by atoms with Gasteiger partial charge in [0.25, 0.3) is 0 Å². The molecule has 0 aliphatic rings. The first-order chi connectivity index (χ1) is 4.31. The van der Waals surface area contributed by atoms with E-state index in [9.17, 15) is 0 Å². The van der Waals surface area contributed by atoms with Gasteiger partial charge < -0.3 is 38.8 Å². The van der Waals surface area contributed by atoms with Crippen LogP contribution in [0.4, 0.5) is 0 Å². The summed E-state index contributed by atoms with van der Waals surface area (Å²) in [6.45, 7) is 4.54. The molecule has 0 spiro atoms. The fourth-order valence-corrected chi connectivity index (χ4v) is 0.442. The zero-order chi connectivity index (χ0) is 7.11. The molecule has 0 aliphatic heterocycles. The summed E-state index contributed by atoms with van der Waals surface area (Å²) in [6, 6.07) is 0. The Balaban J connectivity index is -0.000000320. The van der Waals surface area contributed by atoms with Gasteiger partial charge in [-0.1, -0.05) is 0 Å². The molecule has 1 unspecified atom stereocenters. The summed E-state index contributed by atoms with van der Waals surface area (Å²) in [6.07, 6.45) is 6.28. The Morgan fingerprint density at radius 1 is 1.45 bits per heavy atom. The summed E-state index contributed by atoms with van der Waals surface area (Å²) in [5.74, 6) is 2.10. The molecule has 0 bridgehead atoms. The molecule has 0 aromatic carbocycles. The number of halogens is 1. The molecule has 2 nitrogen and oxygen atoms in total. The van der Waals surface area contributed by atoms with E-state index in [1.54, 1.807) is 6.92 Å². The topological polar surface area (TPSA) is 18.5 Å². The van der Waals surface area contributed by atoms with Crippen molar-refractivity contribution < 1.29 is 26.5 Å². The minimum absolute atomic E-state index is 0. The third-order valence-electron chi connectivity index (χ3n) is 0.792. The van der Waals surface area contributed by atoms with Crippen LogP contribution in [0.3, 0.4) is 0 Å². The summed E-state index contributed by atoms with van der Waals surface area (Å²) < 4.78 is 9.91. The van der Waals surface area contributed by atoms with E-state index in [1.807, 2.05) is 6.92 Å². The first kappa shape index (κ1) is 17.7. The standard InChI is InChI=1S/C7H11O2.BrH.Mg/c1-4-6-9-7(3)8-5-2;;/h7H,5-6H2,2-3H3;1H;/q-1;;+2/p-1. The van der Waals surface area contributed by atoms with E-state index in [-0.39, 0.29) is 52.9 Å². The van der Waals surface area contributed by atoms with Gasteiger partial charge in [0.2, 0.25) is 0 Å². The van der Waals surface area contributed by atoms with E-state index in [2.05, 4.69) is 5.92 Å². The first-order valence-corrected chi connectivity index (χ1v) is 2.94. The van der Waals surface area contributed by atoms with E-state index in [1.165, 1.54) is 0 Å². The van der Waals surface area contributed by atoms with E-state index >= 15 is 0 Å². The minimum Gasteiger partial charge on any atom is -1.00 e. The average molecular weight is 231 g/mol. The fourth-order valence-electron chi connectivity index (χ4n) is 0.442. The van der Waals surface area contributed by atoms with E-state index in [4.69, 9.17) is 15.9 Å². The van der Waals surface area contributed by atoms with Crippen LogP contribution in [0.5, 0.6) is 0 Å². The van der Waals surface area contributed by atoms with Crippen molar-refractivity contribution in [1.82, 2.24) is 0 Å². The van der Waals surface area contributed by atoms with Crippen molar-refractivity contribution in [2.75, 3.05) is 13.2 Å². The molecule has 60 valence electrons. The summed E-state index contributed by atoms with van der Waals surface area (Å²) in [7, 11) is 0. The zero-order valence-corrected chi connectivity index (χ0v) is 9.89. The van der Waals surface area contributed by atoms with E-state index < -0.39 is 0 Å². The largest absolute Gasteiger partial charge is 2.00 e. The molecule has 1 atom stereocenters. The van der Waals surface area contributed by atoms with Crippen molar-refractivity contribution in [1.29, 1.82) is 0 Å². The van der Waals surface area contributed by atoms with Gasteiger partial charge >= 0.3 is 23.1 Å². The van der Waals surface area contributed by atoms with Gasteiger partial charge in [0.1, 0.15) is 0 Å². The molecule has 4 heteroatoms. The van der Waals surface area contributed by atoms with E-state index in [0.717, 1.165) is 0 Å². The molecule has 0 N–H and O–H groups in total. The van der Waals surface area contributed by atoms with Crippen LogP contribution in [0.2, 0.25) is 0 Å². The summed E-state index contributed by atoms with van der Waals surface area (Å²) in [4.78, 5) is 0. The Labute approximate surface area is 94.9 Å². The Hall–Kier alpha value is 0.726. The summed E-state index contributed by atoms with van der Waals surface area (Å²) in [5, 5.41) is 0. The van der Waals surface area contributed by atoms with Crippen LogP contribution in [0.15, 0.2) is 0 Å². The molecule has 11 heavy (non-hydrogen) atoms. The van der Waals surface area contributed by atoms with Crippen molar-refractivity contribution in [3.8, 4) is 5.92 Å². The van der Waals surface area contributed by atoms with Gasteiger partial charge in [-0.25, -0.2) is 0 Å². The Kier molecular flexibility index (Phi) is 21.5. The SMILES string of the molecule is [Br-].[C-]#CCOC(C)OCC.[Mg+2]. The monoisotopic (exact) mass is 230 g/mol. The number of hydrogen-bond donors (Lipinski definition) is 0. The predicted molar refractivity (Wildman–Crippen MR) is 39.9 cm³/mol. The fraction of sp³-hybridized carbons (Fsp3) is 0.714. The van der Waals surface area contributed by atoms with Gasteiger partial charge in [-0.2, -0.15) is 0 Å². The van der Waals surface area contributed by atoms with Crippen LogP contribution in [-0.2, 0) is 9.47 Å². The smallest absolute Gasteiger partial charge is 1.00 e. The predicted octanol–water partition coefficient (Wildman–Crippen LogP) is -2.40. The molecule has 0 rings (SSSR count). The minimum atomic E-state index is -0.215. The Bertz CT molecular complexity index is 103. The number of ether oxygens (including phenoxy) is 2. The van der Waals surface area contributed by atoms with Crippen LogP contribution >= 0.6 is 0 Å². The van der Waals surface area contributed by atoms with E-state index in [0.29, 0.717) is 6.61 Å². The van der Waals surface area contributed by atoms with Crippen LogP contribution in [0.1, 0.15) is 13.8 Å². The Morgan fingerprint density at radius 2 is 2.00 bits per heavy atom.